The van der Waals surface area contributed by atoms with Crippen LogP contribution in [0.15, 0.2) is 28.6 Å². The van der Waals surface area contributed by atoms with Crippen LogP contribution in [0.4, 0.5) is 10.8 Å². The summed E-state index contributed by atoms with van der Waals surface area (Å²) in [4.78, 5) is 35.8. The number of thioether (sulfide) groups is 1. The van der Waals surface area contributed by atoms with Crippen molar-refractivity contribution in [2.75, 3.05) is 23.0 Å². The van der Waals surface area contributed by atoms with Gasteiger partial charge < -0.3 is 15.4 Å². The number of aromatic nitrogens is 2. The third-order valence-corrected chi connectivity index (χ3v) is 5.16. The summed E-state index contributed by atoms with van der Waals surface area (Å²) in [5.41, 5.74) is 0.691. The number of esters is 1. The summed E-state index contributed by atoms with van der Waals surface area (Å²) in [6, 6.07) is 6.65. The second-order valence-electron chi connectivity index (χ2n) is 5.62. The van der Waals surface area contributed by atoms with Crippen molar-refractivity contribution in [3.8, 4) is 0 Å². The zero-order valence-corrected chi connectivity index (χ0v) is 16.8. The lowest BCUT2D eigenvalue weighted by Gasteiger charge is -2.09. The molecule has 8 nitrogen and oxygen atoms in total. The van der Waals surface area contributed by atoms with E-state index in [-0.39, 0.29) is 30.1 Å². The topological polar surface area (TPSA) is 110 Å². The number of nitrogens with zero attached hydrogens (tertiary/aromatic N) is 2. The molecule has 0 radical (unpaired) electrons. The van der Waals surface area contributed by atoms with Crippen molar-refractivity contribution < 1.29 is 19.1 Å². The highest BCUT2D eigenvalue weighted by Crippen LogP contribution is 2.26. The largest absolute Gasteiger partial charge is 0.462 e. The molecule has 0 saturated carbocycles. The second kappa shape index (κ2) is 10.0. The van der Waals surface area contributed by atoms with Gasteiger partial charge in [-0.1, -0.05) is 49.1 Å². The molecule has 0 spiro atoms. The van der Waals surface area contributed by atoms with Gasteiger partial charge in [-0.25, -0.2) is 4.79 Å². The fraction of sp³-hybridized carbons (Fsp3) is 0.353. The van der Waals surface area contributed by atoms with Gasteiger partial charge in [0.1, 0.15) is 0 Å². The van der Waals surface area contributed by atoms with E-state index >= 15 is 0 Å². The number of benzene rings is 1. The molecule has 2 N–H and O–H groups in total. The van der Waals surface area contributed by atoms with Crippen molar-refractivity contribution >= 4 is 51.7 Å². The van der Waals surface area contributed by atoms with Gasteiger partial charge in [0.05, 0.1) is 23.6 Å². The van der Waals surface area contributed by atoms with Crippen molar-refractivity contribution in [1.29, 1.82) is 0 Å². The third-order valence-electron chi connectivity index (χ3n) is 3.18. The molecular formula is C17H20N4O4S2. The molecule has 0 atom stereocenters. The van der Waals surface area contributed by atoms with Crippen LogP contribution < -0.4 is 10.6 Å². The molecule has 0 aliphatic carbocycles. The fourth-order valence-corrected chi connectivity index (χ4v) is 3.42. The first-order valence-corrected chi connectivity index (χ1v) is 10.0. The van der Waals surface area contributed by atoms with Crippen molar-refractivity contribution in [2.24, 2.45) is 5.92 Å². The molecule has 1 heterocycles. The van der Waals surface area contributed by atoms with Gasteiger partial charge in [0.25, 0.3) is 0 Å². The van der Waals surface area contributed by atoms with Gasteiger partial charge in [-0.05, 0) is 19.1 Å². The quantitative estimate of drug-likeness (QED) is 0.392. The number of hydrogen-bond donors (Lipinski definition) is 2. The number of amides is 2. The van der Waals surface area contributed by atoms with Crippen LogP contribution in [-0.4, -0.2) is 40.3 Å². The predicted octanol–water partition coefficient (Wildman–Crippen LogP) is 3.04. The minimum Gasteiger partial charge on any atom is -0.462 e. The van der Waals surface area contributed by atoms with Crippen molar-refractivity contribution in [3.63, 3.8) is 0 Å². The minimum absolute atomic E-state index is 0.0872. The van der Waals surface area contributed by atoms with Crippen LogP contribution in [0.25, 0.3) is 0 Å². The molecule has 27 heavy (non-hydrogen) atoms. The molecular weight excluding hydrogens is 388 g/mol. The Morgan fingerprint density at radius 2 is 1.93 bits per heavy atom. The maximum Gasteiger partial charge on any atom is 0.340 e. The summed E-state index contributed by atoms with van der Waals surface area (Å²) in [6.45, 7) is 5.54. The SMILES string of the molecule is CCOC(=O)c1ccccc1NC(=O)CSc1nnc(NC(=O)C(C)C)s1. The summed E-state index contributed by atoms with van der Waals surface area (Å²) in [6.07, 6.45) is 0. The third kappa shape index (κ3) is 6.33. The van der Waals surface area contributed by atoms with E-state index in [0.717, 1.165) is 0 Å². The predicted molar refractivity (Wildman–Crippen MR) is 105 cm³/mol. The first-order chi connectivity index (χ1) is 12.9. The van der Waals surface area contributed by atoms with E-state index in [1.807, 2.05) is 0 Å². The Labute approximate surface area is 165 Å². The molecule has 2 rings (SSSR count). The second-order valence-corrected chi connectivity index (χ2v) is 7.82. The number of nitrogens with one attached hydrogen (secondary N) is 2. The molecule has 10 heteroatoms. The monoisotopic (exact) mass is 408 g/mol. The molecule has 2 aromatic rings. The van der Waals surface area contributed by atoms with Gasteiger partial charge in [0.15, 0.2) is 4.34 Å². The van der Waals surface area contributed by atoms with E-state index in [1.54, 1.807) is 45.0 Å². The maximum atomic E-state index is 12.2. The van der Waals surface area contributed by atoms with Crippen LogP contribution >= 0.6 is 23.1 Å². The van der Waals surface area contributed by atoms with E-state index in [2.05, 4.69) is 20.8 Å². The number of rotatable bonds is 8. The minimum atomic E-state index is -0.490. The Kier molecular flexibility index (Phi) is 7.74. The summed E-state index contributed by atoms with van der Waals surface area (Å²) in [7, 11) is 0. The number of anilines is 2. The van der Waals surface area contributed by atoms with Gasteiger partial charge in [0, 0.05) is 5.92 Å². The Bertz CT molecular complexity index is 823. The number of carbonyl (C=O) groups is 3. The molecule has 0 fully saturated rings. The van der Waals surface area contributed by atoms with E-state index in [4.69, 9.17) is 4.74 Å². The zero-order valence-electron chi connectivity index (χ0n) is 15.1. The van der Waals surface area contributed by atoms with Gasteiger partial charge in [-0.15, -0.1) is 10.2 Å². The first-order valence-electron chi connectivity index (χ1n) is 8.23. The molecule has 0 aliphatic heterocycles. The van der Waals surface area contributed by atoms with E-state index < -0.39 is 5.97 Å². The molecule has 0 bridgehead atoms. The number of carbonyl (C=O) groups excluding carboxylic acids is 3. The van der Waals surface area contributed by atoms with Crippen molar-refractivity contribution in [3.05, 3.63) is 29.8 Å². The fourth-order valence-electron chi connectivity index (χ4n) is 1.86. The Balaban J connectivity index is 1.91. The number of para-hydroxylation sites is 1. The molecule has 0 unspecified atom stereocenters. The van der Waals surface area contributed by atoms with E-state index in [1.165, 1.54) is 23.1 Å². The maximum absolute atomic E-state index is 12.2. The van der Waals surface area contributed by atoms with Gasteiger partial charge in [-0.2, -0.15) is 0 Å². The van der Waals surface area contributed by atoms with Crippen LogP contribution in [-0.2, 0) is 14.3 Å². The van der Waals surface area contributed by atoms with Crippen LogP contribution in [0.5, 0.6) is 0 Å². The van der Waals surface area contributed by atoms with E-state index in [9.17, 15) is 14.4 Å². The highest BCUT2D eigenvalue weighted by Gasteiger charge is 2.15. The van der Waals surface area contributed by atoms with Gasteiger partial charge >= 0.3 is 5.97 Å². The van der Waals surface area contributed by atoms with E-state index in [0.29, 0.717) is 20.7 Å². The standard InChI is InChI=1S/C17H20N4O4S2/c1-4-25-15(24)11-7-5-6-8-12(11)18-13(22)9-26-17-21-20-16(27-17)19-14(23)10(2)3/h5-8,10H,4,9H2,1-3H3,(H,18,22)(H,19,20,23). The number of ether oxygens (including phenoxy) is 1. The summed E-state index contributed by atoms with van der Waals surface area (Å²) in [5, 5.41) is 13.6. The van der Waals surface area contributed by atoms with Crippen LogP contribution in [0, 0.1) is 5.92 Å². The molecule has 1 aromatic carbocycles. The molecule has 2 amide bonds. The molecule has 1 aromatic heterocycles. The molecule has 0 saturated heterocycles. The normalized spacial score (nSPS) is 10.5. The lowest BCUT2D eigenvalue weighted by atomic mass is 10.2. The van der Waals surface area contributed by atoms with Crippen LogP contribution in [0.2, 0.25) is 0 Å². The Morgan fingerprint density at radius 1 is 1.19 bits per heavy atom. The molecule has 0 aliphatic rings. The van der Waals surface area contributed by atoms with Crippen molar-refractivity contribution in [2.45, 2.75) is 25.1 Å². The molecule has 144 valence electrons. The summed E-state index contributed by atoms with van der Waals surface area (Å²) < 4.78 is 5.54. The summed E-state index contributed by atoms with van der Waals surface area (Å²) >= 11 is 2.39. The Hall–Kier alpha value is -2.46. The van der Waals surface area contributed by atoms with Gasteiger partial charge in [0.2, 0.25) is 16.9 Å². The lowest BCUT2D eigenvalue weighted by molar-refractivity contribution is -0.119. The average molecular weight is 409 g/mol. The summed E-state index contributed by atoms with van der Waals surface area (Å²) in [5.74, 6) is -0.995. The highest BCUT2D eigenvalue weighted by molar-refractivity contribution is 8.01. The van der Waals surface area contributed by atoms with Crippen LogP contribution in [0.1, 0.15) is 31.1 Å². The smallest absolute Gasteiger partial charge is 0.340 e. The number of hydrogen-bond acceptors (Lipinski definition) is 8. The zero-order chi connectivity index (χ0) is 19.8. The lowest BCUT2D eigenvalue weighted by Crippen LogP contribution is -2.17. The van der Waals surface area contributed by atoms with Crippen LogP contribution in [0.3, 0.4) is 0 Å². The highest BCUT2D eigenvalue weighted by atomic mass is 32.2. The Morgan fingerprint density at radius 3 is 2.63 bits per heavy atom. The average Bonchev–Trinajstić information content (AvgIpc) is 3.08. The van der Waals surface area contributed by atoms with Gasteiger partial charge in [-0.3, -0.25) is 9.59 Å². The first kappa shape index (κ1) is 20.8. The van der Waals surface area contributed by atoms with Crippen molar-refractivity contribution in [1.82, 2.24) is 10.2 Å².